The van der Waals surface area contributed by atoms with E-state index in [1.807, 2.05) is 37.3 Å². The Hall–Kier alpha value is -2.97. The number of thiocarbonyl (C=S) groups is 1. The quantitative estimate of drug-likeness (QED) is 0.211. The zero-order valence-corrected chi connectivity index (χ0v) is 23.5. The van der Waals surface area contributed by atoms with Gasteiger partial charge in [0.15, 0.2) is 0 Å². The van der Waals surface area contributed by atoms with Crippen LogP contribution in [-0.4, -0.2) is 31.1 Å². The minimum absolute atomic E-state index is 0.170. The van der Waals surface area contributed by atoms with Gasteiger partial charge >= 0.3 is 0 Å². The first-order valence-corrected chi connectivity index (χ1v) is 14.1. The first-order chi connectivity index (χ1) is 17.9. The molecule has 1 aliphatic heterocycles. The number of aromatic nitrogens is 2. The van der Waals surface area contributed by atoms with Gasteiger partial charge in [0.25, 0.3) is 11.5 Å². The SMILES string of the molecule is CCCCC(CC)CN1C(=O)/C(=C\c2c(Oc3ccc(CC)cc3)nc3c(C)cccn3c2=O)SC1=S. The van der Waals surface area contributed by atoms with Crippen molar-refractivity contribution in [3.8, 4) is 11.6 Å². The number of carbonyl (C=O) groups is 1. The summed E-state index contributed by atoms with van der Waals surface area (Å²) in [6, 6.07) is 11.4. The molecule has 194 valence electrons. The van der Waals surface area contributed by atoms with Gasteiger partial charge in [0, 0.05) is 12.7 Å². The van der Waals surface area contributed by atoms with Crippen LogP contribution in [0.15, 0.2) is 52.3 Å². The molecule has 0 saturated carbocycles. The monoisotopic (exact) mass is 535 g/mol. The van der Waals surface area contributed by atoms with Crippen LogP contribution in [0.1, 0.15) is 63.1 Å². The van der Waals surface area contributed by atoms with Crippen LogP contribution in [0.4, 0.5) is 0 Å². The topological polar surface area (TPSA) is 63.9 Å². The van der Waals surface area contributed by atoms with Gasteiger partial charge in [-0.2, -0.15) is 4.98 Å². The standard InChI is InChI=1S/C29H33N3O3S2/c1-5-8-11-21(7-3)18-32-28(34)24(37-29(32)36)17-23-26(35-22-14-12-20(6-2)13-15-22)30-25-19(4)10-9-16-31(25)27(23)33/h9-10,12-17,21H,5-8,11,18H2,1-4H3/b24-17+. The number of fused-ring (bicyclic) bond motifs is 1. The second-order valence-electron chi connectivity index (χ2n) is 9.33. The minimum Gasteiger partial charge on any atom is -0.438 e. The van der Waals surface area contributed by atoms with Gasteiger partial charge in [0.2, 0.25) is 5.88 Å². The van der Waals surface area contributed by atoms with Crippen molar-refractivity contribution >= 4 is 45.9 Å². The number of hydrogen-bond acceptors (Lipinski definition) is 6. The van der Waals surface area contributed by atoms with E-state index in [-0.39, 0.29) is 22.9 Å². The molecule has 1 unspecified atom stereocenters. The summed E-state index contributed by atoms with van der Waals surface area (Å²) in [5.74, 6) is 0.966. The van der Waals surface area contributed by atoms with Crippen LogP contribution in [0.25, 0.3) is 11.7 Å². The fourth-order valence-corrected chi connectivity index (χ4v) is 5.62. The molecule has 1 fully saturated rings. The van der Waals surface area contributed by atoms with E-state index in [0.29, 0.717) is 33.1 Å². The number of pyridine rings is 1. The van der Waals surface area contributed by atoms with Crippen molar-refractivity contribution in [2.45, 2.75) is 59.8 Å². The minimum atomic E-state index is -0.298. The molecule has 1 aliphatic rings. The summed E-state index contributed by atoms with van der Waals surface area (Å²) in [6.45, 7) is 8.90. The van der Waals surface area contributed by atoms with Crippen molar-refractivity contribution in [3.05, 3.63) is 74.5 Å². The molecule has 1 atom stereocenters. The van der Waals surface area contributed by atoms with Gasteiger partial charge in [-0.25, -0.2) is 0 Å². The van der Waals surface area contributed by atoms with Crippen LogP contribution in [0.2, 0.25) is 0 Å². The first kappa shape index (κ1) is 27.1. The lowest BCUT2D eigenvalue weighted by Gasteiger charge is -2.21. The van der Waals surface area contributed by atoms with Gasteiger partial charge < -0.3 is 4.74 Å². The van der Waals surface area contributed by atoms with Gasteiger partial charge in [0.1, 0.15) is 21.3 Å². The summed E-state index contributed by atoms with van der Waals surface area (Å²) in [5, 5.41) is 0. The van der Waals surface area contributed by atoms with Crippen molar-refractivity contribution in [3.63, 3.8) is 0 Å². The Morgan fingerprint density at radius 1 is 1.14 bits per heavy atom. The summed E-state index contributed by atoms with van der Waals surface area (Å²) in [5.41, 5.74) is 2.47. The number of thioether (sulfide) groups is 1. The van der Waals surface area contributed by atoms with Gasteiger partial charge in [-0.3, -0.25) is 18.9 Å². The Kier molecular flexibility index (Phi) is 8.82. The van der Waals surface area contributed by atoms with Crippen LogP contribution in [0.5, 0.6) is 11.6 Å². The number of hydrogen-bond donors (Lipinski definition) is 0. The zero-order chi connectivity index (χ0) is 26.5. The van der Waals surface area contributed by atoms with E-state index in [9.17, 15) is 9.59 Å². The first-order valence-electron chi connectivity index (χ1n) is 12.9. The molecule has 8 heteroatoms. The van der Waals surface area contributed by atoms with Gasteiger partial charge in [0.05, 0.1) is 4.91 Å². The van der Waals surface area contributed by atoms with Gasteiger partial charge in [-0.15, -0.1) is 0 Å². The predicted molar refractivity (Wildman–Crippen MR) is 155 cm³/mol. The second-order valence-corrected chi connectivity index (χ2v) is 11.0. The van der Waals surface area contributed by atoms with Gasteiger partial charge in [-0.05, 0) is 61.1 Å². The lowest BCUT2D eigenvalue weighted by atomic mass is 9.99. The van der Waals surface area contributed by atoms with E-state index < -0.39 is 0 Å². The number of unbranched alkanes of at least 4 members (excludes halogenated alkanes) is 1. The zero-order valence-electron chi connectivity index (χ0n) is 21.8. The molecular formula is C29H33N3O3S2. The molecule has 0 N–H and O–H groups in total. The highest BCUT2D eigenvalue weighted by molar-refractivity contribution is 8.26. The molecule has 1 amide bonds. The van der Waals surface area contributed by atoms with Crippen LogP contribution in [0.3, 0.4) is 0 Å². The fourth-order valence-electron chi connectivity index (χ4n) is 4.36. The smallest absolute Gasteiger partial charge is 0.269 e. The molecule has 4 rings (SSSR count). The van der Waals surface area contributed by atoms with E-state index in [1.54, 1.807) is 23.2 Å². The molecule has 0 spiro atoms. The molecule has 3 aromatic rings. The van der Waals surface area contributed by atoms with Crippen molar-refractivity contribution < 1.29 is 9.53 Å². The Balaban J connectivity index is 1.74. The van der Waals surface area contributed by atoms with E-state index in [4.69, 9.17) is 21.9 Å². The number of aryl methyl sites for hydroxylation is 2. The number of carbonyl (C=O) groups excluding carboxylic acids is 1. The molecule has 1 saturated heterocycles. The van der Waals surface area contributed by atoms with Crippen LogP contribution in [0, 0.1) is 12.8 Å². The number of ether oxygens (including phenoxy) is 1. The van der Waals surface area contributed by atoms with Crippen molar-refractivity contribution in [1.82, 2.24) is 14.3 Å². The largest absolute Gasteiger partial charge is 0.438 e. The van der Waals surface area contributed by atoms with E-state index in [0.717, 1.165) is 37.7 Å². The predicted octanol–water partition coefficient (Wildman–Crippen LogP) is 6.78. The highest BCUT2D eigenvalue weighted by atomic mass is 32.2. The average molecular weight is 536 g/mol. The maximum Gasteiger partial charge on any atom is 0.269 e. The van der Waals surface area contributed by atoms with Crippen LogP contribution < -0.4 is 10.3 Å². The van der Waals surface area contributed by atoms with Crippen molar-refractivity contribution in [2.24, 2.45) is 5.92 Å². The third kappa shape index (κ3) is 5.96. The maximum atomic E-state index is 13.6. The number of amides is 1. The van der Waals surface area contributed by atoms with Gasteiger partial charge in [-0.1, -0.05) is 82.2 Å². The van der Waals surface area contributed by atoms with Crippen molar-refractivity contribution in [1.29, 1.82) is 0 Å². The van der Waals surface area contributed by atoms with Crippen molar-refractivity contribution in [2.75, 3.05) is 6.54 Å². The number of rotatable bonds is 10. The van der Waals surface area contributed by atoms with E-state index in [1.165, 1.54) is 21.7 Å². The Morgan fingerprint density at radius 2 is 1.89 bits per heavy atom. The summed E-state index contributed by atoms with van der Waals surface area (Å²) < 4.78 is 8.16. The molecular weight excluding hydrogens is 502 g/mol. The molecule has 37 heavy (non-hydrogen) atoms. The summed E-state index contributed by atoms with van der Waals surface area (Å²) >= 11 is 6.80. The molecule has 3 heterocycles. The van der Waals surface area contributed by atoms with Crippen LogP contribution >= 0.6 is 24.0 Å². The number of nitrogens with zero attached hydrogens (tertiary/aromatic N) is 3. The Labute approximate surface area is 227 Å². The summed E-state index contributed by atoms with van der Waals surface area (Å²) in [4.78, 5) is 33.8. The molecule has 0 radical (unpaired) electrons. The fraction of sp³-hybridized carbons (Fsp3) is 0.379. The lowest BCUT2D eigenvalue weighted by Crippen LogP contribution is -2.33. The van der Waals surface area contributed by atoms with E-state index in [2.05, 4.69) is 20.8 Å². The highest BCUT2D eigenvalue weighted by Gasteiger charge is 2.34. The molecule has 6 nitrogen and oxygen atoms in total. The maximum absolute atomic E-state index is 13.6. The Morgan fingerprint density at radius 3 is 2.57 bits per heavy atom. The summed E-state index contributed by atoms with van der Waals surface area (Å²) in [6.07, 6.45) is 8.48. The van der Waals surface area contributed by atoms with E-state index >= 15 is 0 Å². The molecule has 2 aromatic heterocycles. The second kappa shape index (κ2) is 12.0. The van der Waals surface area contributed by atoms with Crippen LogP contribution in [-0.2, 0) is 11.2 Å². The molecule has 1 aromatic carbocycles. The normalized spacial score (nSPS) is 15.7. The third-order valence-electron chi connectivity index (χ3n) is 6.73. The Bertz CT molecular complexity index is 1400. The third-order valence-corrected chi connectivity index (χ3v) is 8.11. The average Bonchev–Trinajstić information content (AvgIpc) is 3.16. The molecule has 0 bridgehead atoms. The molecule has 0 aliphatic carbocycles. The lowest BCUT2D eigenvalue weighted by molar-refractivity contribution is -0.122. The highest BCUT2D eigenvalue weighted by Crippen LogP contribution is 2.35. The summed E-state index contributed by atoms with van der Waals surface area (Å²) in [7, 11) is 0. The number of benzene rings is 1.